The monoisotopic (exact) mass is 503 g/mol. The molecule has 35 heavy (non-hydrogen) atoms. The van der Waals surface area contributed by atoms with E-state index in [9.17, 15) is 9.59 Å². The van der Waals surface area contributed by atoms with Crippen molar-refractivity contribution in [3.05, 3.63) is 29.8 Å². The van der Waals surface area contributed by atoms with Gasteiger partial charge in [0.1, 0.15) is 0 Å². The molecule has 1 aliphatic rings. The van der Waals surface area contributed by atoms with E-state index in [0.717, 1.165) is 50.6 Å². The number of hydrogen-bond acceptors (Lipinski definition) is 4. The smallest absolute Gasteiger partial charge is 0.323 e. The van der Waals surface area contributed by atoms with Crippen LogP contribution in [-0.2, 0) is 16.0 Å². The number of unbranched alkanes of at least 4 members (excludes halogenated alkanes) is 5. The van der Waals surface area contributed by atoms with Crippen LogP contribution in [0.2, 0.25) is 0 Å². The summed E-state index contributed by atoms with van der Waals surface area (Å²) in [5, 5.41) is 10.3. The van der Waals surface area contributed by atoms with E-state index in [2.05, 4.69) is 47.1 Å². The van der Waals surface area contributed by atoms with E-state index in [0.29, 0.717) is 11.2 Å². The van der Waals surface area contributed by atoms with Gasteiger partial charge in [-0.05, 0) is 68.4 Å². The number of carbonyl (C=O) groups is 2. The molecule has 0 bridgehead atoms. The second-order valence-electron chi connectivity index (χ2n) is 9.72. The van der Waals surface area contributed by atoms with Crippen molar-refractivity contribution in [2.45, 2.75) is 115 Å². The maximum atomic E-state index is 12.0. The standard InChI is InChI=1S/C27H45N5O2S/c1-2-3-4-5-7-13-22(29-25(33)26(34)32-28)16-11-10-12-21-17-19-24(20-18-21)31-27(35)30-23-14-8-6-9-15-23/h17-20,22-23H,2-16,28H2,1H3,(H,29,33)(H,32,34)(H2,30,31,35). The zero-order valence-electron chi connectivity index (χ0n) is 21.4. The van der Waals surface area contributed by atoms with E-state index >= 15 is 0 Å². The molecular formula is C27H45N5O2S. The third-order valence-corrected chi connectivity index (χ3v) is 6.97. The van der Waals surface area contributed by atoms with Gasteiger partial charge >= 0.3 is 11.8 Å². The molecule has 0 aliphatic heterocycles. The molecule has 1 aliphatic carbocycles. The van der Waals surface area contributed by atoms with E-state index < -0.39 is 11.8 Å². The Hall–Kier alpha value is -2.19. The van der Waals surface area contributed by atoms with Crippen molar-refractivity contribution in [2.75, 3.05) is 5.32 Å². The number of nitrogens with two attached hydrogens (primary N) is 1. The van der Waals surface area contributed by atoms with Crippen LogP contribution in [-0.4, -0.2) is 29.0 Å². The van der Waals surface area contributed by atoms with Crippen molar-refractivity contribution in [3.8, 4) is 0 Å². The molecule has 196 valence electrons. The van der Waals surface area contributed by atoms with Gasteiger partial charge in [-0.15, -0.1) is 0 Å². The predicted molar refractivity (Wildman–Crippen MR) is 148 cm³/mol. The number of hydrogen-bond donors (Lipinski definition) is 5. The fraction of sp³-hybridized carbons (Fsp3) is 0.667. The fourth-order valence-corrected chi connectivity index (χ4v) is 4.96. The summed E-state index contributed by atoms with van der Waals surface area (Å²) in [6.45, 7) is 2.20. The average molecular weight is 504 g/mol. The first kappa shape index (κ1) is 29.0. The van der Waals surface area contributed by atoms with E-state index in [4.69, 9.17) is 18.1 Å². The minimum absolute atomic E-state index is 0.00526. The molecule has 1 aromatic carbocycles. The van der Waals surface area contributed by atoms with Crippen molar-refractivity contribution in [3.63, 3.8) is 0 Å². The number of carbonyl (C=O) groups excluding carboxylic acids is 2. The second-order valence-corrected chi connectivity index (χ2v) is 10.1. The molecule has 8 heteroatoms. The quantitative estimate of drug-likeness (QED) is 0.0620. The Labute approximate surface area is 216 Å². The Balaban J connectivity index is 1.71. The Kier molecular flexibility index (Phi) is 14.3. The maximum absolute atomic E-state index is 12.0. The summed E-state index contributed by atoms with van der Waals surface area (Å²) >= 11 is 5.48. The first-order chi connectivity index (χ1) is 17.0. The molecule has 0 saturated heterocycles. The first-order valence-electron chi connectivity index (χ1n) is 13.5. The van der Waals surface area contributed by atoms with Crippen LogP contribution in [0.15, 0.2) is 24.3 Å². The van der Waals surface area contributed by atoms with Gasteiger partial charge in [-0.2, -0.15) is 0 Å². The normalized spacial score (nSPS) is 14.7. The van der Waals surface area contributed by atoms with Gasteiger partial charge in [-0.3, -0.25) is 15.0 Å². The lowest BCUT2D eigenvalue weighted by Crippen LogP contribution is -2.46. The largest absolute Gasteiger partial charge is 0.360 e. The Morgan fingerprint density at radius 1 is 0.943 bits per heavy atom. The topological polar surface area (TPSA) is 108 Å². The minimum Gasteiger partial charge on any atom is -0.360 e. The molecule has 1 fully saturated rings. The highest BCUT2D eigenvalue weighted by atomic mass is 32.1. The van der Waals surface area contributed by atoms with Gasteiger partial charge in [0.2, 0.25) is 0 Å². The van der Waals surface area contributed by atoms with Crippen LogP contribution in [0.25, 0.3) is 0 Å². The molecule has 2 rings (SSSR count). The number of hydrazine groups is 1. The van der Waals surface area contributed by atoms with Crippen LogP contribution < -0.4 is 27.2 Å². The predicted octanol–water partition coefficient (Wildman–Crippen LogP) is 4.85. The number of benzene rings is 1. The minimum atomic E-state index is -0.789. The van der Waals surface area contributed by atoms with Gasteiger partial charge in [0.15, 0.2) is 5.11 Å². The van der Waals surface area contributed by atoms with Crippen LogP contribution in [0, 0.1) is 0 Å². The molecule has 0 radical (unpaired) electrons. The number of rotatable bonds is 14. The number of anilines is 1. The third-order valence-electron chi connectivity index (χ3n) is 6.75. The zero-order chi connectivity index (χ0) is 25.3. The van der Waals surface area contributed by atoms with E-state index in [1.165, 1.54) is 56.9 Å². The summed E-state index contributed by atoms with van der Waals surface area (Å²) in [6.07, 6.45) is 16.9. The lowest BCUT2D eigenvalue weighted by Gasteiger charge is -2.24. The Morgan fingerprint density at radius 3 is 2.26 bits per heavy atom. The molecule has 1 aromatic rings. The molecule has 0 aromatic heterocycles. The van der Waals surface area contributed by atoms with Crippen LogP contribution >= 0.6 is 12.2 Å². The number of nitrogens with one attached hydrogen (secondary N) is 4. The van der Waals surface area contributed by atoms with Crippen LogP contribution in [0.1, 0.15) is 102 Å². The Morgan fingerprint density at radius 2 is 1.60 bits per heavy atom. The molecule has 7 nitrogen and oxygen atoms in total. The number of amides is 2. The van der Waals surface area contributed by atoms with Crippen molar-refractivity contribution >= 4 is 34.8 Å². The summed E-state index contributed by atoms with van der Waals surface area (Å²) in [6, 6.07) is 8.95. The van der Waals surface area contributed by atoms with Crippen molar-refractivity contribution in [2.24, 2.45) is 5.84 Å². The molecule has 0 spiro atoms. The van der Waals surface area contributed by atoms with Crippen LogP contribution in [0.5, 0.6) is 0 Å². The SMILES string of the molecule is CCCCCCCC(CCCCc1ccc(NC(=S)NC2CCCCC2)cc1)NC(=O)C(=O)NN. The maximum Gasteiger partial charge on any atom is 0.323 e. The zero-order valence-corrected chi connectivity index (χ0v) is 22.2. The van der Waals surface area contributed by atoms with Crippen molar-refractivity contribution < 1.29 is 9.59 Å². The summed E-state index contributed by atoms with van der Waals surface area (Å²) in [4.78, 5) is 23.5. The van der Waals surface area contributed by atoms with Gasteiger partial charge in [0, 0.05) is 17.8 Å². The molecule has 2 amide bonds. The molecular weight excluding hydrogens is 458 g/mol. The molecule has 0 heterocycles. The summed E-state index contributed by atoms with van der Waals surface area (Å²) in [7, 11) is 0. The summed E-state index contributed by atoms with van der Waals surface area (Å²) < 4.78 is 0. The first-order valence-corrected chi connectivity index (χ1v) is 13.9. The average Bonchev–Trinajstić information content (AvgIpc) is 2.87. The molecule has 6 N–H and O–H groups in total. The fourth-order valence-electron chi connectivity index (χ4n) is 4.67. The summed E-state index contributed by atoms with van der Waals surface area (Å²) in [5.74, 6) is 3.66. The molecule has 1 atom stereocenters. The van der Waals surface area contributed by atoms with E-state index in [1.54, 1.807) is 0 Å². The molecule has 1 saturated carbocycles. The van der Waals surface area contributed by atoms with E-state index in [1.807, 2.05) is 5.43 Å². The van der Waals surface area contributed by atoms with Gasteiger partial charge < -0.3 is 16.0 Å². The Bertz CT molecular complexity index is 765. The van der Waals surface area contributed by atoms with Gasteiger partial charge in [0.05, 0.1) is 0 Å². The lowest BCUT2D eigenvalue weighted by molar-refractivity contribution is -0.139. The highest BCUT2D eigenvalue weighted by Gasteiger charge is 2.17. The highest BCUT2D eigenvalue weighted by molar-refractivity contribution is 7.80. The molecule has 1 unspecified atom stereocenters. The van der Waals surface area contributed by atoms with Gasteiger partial charge in [-0.1, -0.05) is 76.8 Å². The summed E-state index contributed by atoms with van der Waals surface area (Å²) in [5.41, 5.74) is 4.20. The van der Waals surface area contributed by atoms with Crippen LogP contribution in [0.3, 0.4) is 0 Å². The van der Waals surface area contributed by atoms with Crippen LogP contribution in [0.4, 0.5) is 5.69 Å². The third kappa shape index (κ3) is 12.4. The number of aryl methyl sites for hydroxylation is 1. The van der Waals surface area contributed by atoms with Gasteiger partial charge in [0.25, 0.3) is 0 Å². The second kappa shape index (κ2) is 17.3. The van der Waals surface area contributed by atoms with Crippen molar-refractivity contribution in [1.29, 1.82) is 0 Å². The lowest BCUT2D eigenvalue weighted by atomic mass is 9.96. The van der Waals surface area contributed by atoms with Crippen molar-refractivity contribution in [1.82, 2.24) is 16.1 Å². The van der Waals surface area contributed by atoms with E-state index in [-0.39, 0.29) is 6.04 Å². The number of thiocarbonyl (C=S) groups is 1. The van der Waals surface area contributed by atoms with Gasteiger partial charge in [-0.25, -0.2) is 5.84 Å². The highest BCUT2D eigenvalue weighted by Crippen LogP contribution is 2.18.